The Kier molecular flexibility index (Phi) is 8.35. The smallest absolute Gasteiger partial charge is 0.245 e. The molecule has 200 valence electrons. The number of rotatable bonds is 12. The van der Waals surface area contributed by atoms with Crippen LogP contribution in [0.25, 0.3) is 0 Å². The van der Waals surface area contributed by atoms with E-state index in [2.05, 4.69) is 0 Å². The van der Waals surface area contributed by atoms with Crippen LogP contribution in [0.15, 0.2) is 0 Å². The standard InChI is InChI=1S/C8H3F16NO6S2/c9-1(10)3(13,14)30-5(17,18)7(21,22)32(26,27)25-33(28,29)8(23,24)6(19,20)31-4(15,16)2(11)12/h1-2,25H. The van der Waals surface area contributed by atoms with Gasteiger partial charge in [0, 0.05) is 0 Å². The van der Waals surface area contributed by atoms with Crippen molar-refractivity contribution in [3.63, 3.8) is 0 Å². The average Bonchev–Trinajstić information content (AvgIpc) is 2.50. The summed E-state index contributed by atoms with van der Waals surface area (Å²) in [6.07, 6.45) is -38.8. The highest BCUT2D eigenvalue weighted by Crippen LogP contribution is 2.47. The van der Waals surface area contributed by atoms with Crippen LogP contribution < -0.4 is 4.13 Å². The first kappa shape index (κ1) is 31.7. The normalized spacial score (nSPS) is 16.1. The predicted molar refractivity (Wildman–Crippen MR) is 64.8 cm³/mol. The molecule has 33 heavy (non-hydrogen) atoms. The van der Waals surface area contributed by atoms with Crippen molar-refractivity contribution in [1.29, 1.82) is 0 Å². The van der Waals surface area contributed by atoms with Gasteiger partial charge in [-0.3, -0.25) is 0 Å². The molecule has 0 aliphatic carbocycles. The van der Waals surface area contributed by atoms with E-state index >= 15 is 0 Å². The van der Waals surface area contributed by atoms with Crippen LogP contribution in [0.3, 0.4) is 0 Å². The lowest BCUT2D eigenvalue weighted by Gasteiger charge is -2.31. The molecule has 0 heterocycles. The average molecular weight is 577 g/mol. The maximum Gasteiger partial charge on any atom is 0.449 e. The minimum absolute atomic E-state index is 1.28. The number of hydrogen-bond donors (Lipinski definition) is 1. The zero-order chi connectivity index (χ0) is 27.3. The molecule has 0 saturated carbocycles. The molecule has 0 aromatic carbocycles. The molecule has 0 atom stereocenters. The van der Waals surface area contributed by atoms with Crippen molar-refractivity contribution < 1.29 is 96.6 Å². The van der Waals surface area contributed by atoms with Gasteiger partial charge in [-0.25, -0.2) is 43.9 Å². The summed E-state index contributed by atoms with van der Waals surface area (Å²) >= 11 is 0. The quantitative estimate of drug-likeness (QED) is 0.358. The first-order valence-electron chi connectivity index (χ1n) is 6.52. The second kappa shape index (κ2) is 8.71. The largest absolute Gasteiger partial charge is 0.449 e. The maximum atomic E-state index is 13.3. The summed E-state index contributed by atoms with van der Waals surface area (Å²) in [5.74, 6) is 0. The van der Waals surface area contributed by atoms with Crippen LogP contribution in [0.5, 0.6) is 0 Å². The molecule has 1 N–H and O–H groups in total. The van der Waals surface area contributed by atoms with E-state index in [0.29, 0.717) is 0 Å². The van der Waals surface area contributed by atoms with Crippen LogP contribution in [0.2, 0.25) is 0 Å². The minimum atomic E-state index is -8.21. The number of nitrogens with one attached hydrogen (secondary N) is 1. The third-order valence-electron chi connectivity index (χ3n) is 2.61. The van der Waals surface area contributed by atoms with Crippen LogP contribution in [-0.2, 0) is 29.5 Å². The van der Waals surface area contributed by atoms with Gasteiger partial charge in [0.15, 0.2) is 0 Å². The highest BCUT2D eigenvalue weighted by molar-refractivity contribution is 8.05. The molecule has 0 fully saturated rings. The van der Waals surface area contributed by atoms with Crippen LogP contribution in [0.1, 0.15) is 0 Å². The number of sulfonamides is 2. The van der Waals surface area contributed by atoms with Crippen molar-refractivity contribution in [2.75, 3.05) is 0 Å². The Morgan fingerprint density at radius 2 is 0.727 bits per heavy atom. The summed E-state index contributed by atoms with van der Waals surface area (Å²) < 4.78 is 248. The van der Waals surface area contributed by atoms with Crippen LogP contribution in [-0.4, -0.2) is 64.6 Å². The van der Waals surface area contributed by atoms with E-state index in [1.807, 2.05) is 0 Å². The topological polar surface area (TPSA) is 98.8 Å². The summed E-state index contributed by atoms with van der Waals surface area (Å²) in [4.78, 5) is 0. The third kappa shape index (κ3) is 6.02. The number of ether oxygens (including phenoxy) is 2. The molecule has 0 aliphatic rings. The zero-order valence-electron chi connectivity index (χ0n) is 14.0. The monoisotopic (exact) mass is 577 g/mol. The van der Waals surface area contributed by atoms with Crippen molar-refractivity contribution in [3.05, 3.63) is 0 Å². The summed E-state index contributed by atoms with van der Waals surface area (Å²) in [7, 11) is -16.4. The van der Waals surface area contributed by atoms with Gasteiger partial charge in [0.2, 0.25) is 0 Å². The van der Waals surface area contributed by atoms with Crippen LogP contribution in [0, 0.1) is 0 Å². The fourth-order valence-corrected chi connectivity index (χ4v) is 3.81. The van der Waals surface area contributed by atoms with E-state index in [1.165, 1.54) is 0 Å². The first-order valence-corrected chi connectivity index (χ1v) is 9.48. The molecular weight excluding hydrogens is 574 g/mol. The van der Waals surface area contributed by atoms with Gasteiger partial charge >= 0.3 is 47.8 Å². The zero-order valence-corrected chi connectivity index (χ0v) is 15.6. The Morgan fingerprint density at radius 3 is 0.909 bits per heavy atom. The lowest BCUT2D eigenvalue weighted by atomic mass is 10.6. The predicted octanol–water partition coefficient (Wildman–Crippen LogP) is 3.36. The van der Waals surface area contributed by atoms with Crippen molar-refractivity contribution in [3.8, 4) is 0 Å². The Bertz CT molecular complexity index is 841. The van der Waals surface area contributed by atoms with Crippen LogP contribution in [0.4, 0.5) is 70.2 Å². The first-order chi connectivity index (χ1) is 14.0. The van der Waals surface area contributed by atoms with Crippen LogP contribution >= 0.6 is 0 Å². The van der Waals surface area contributed by atoms with Gasteiger partial charge in [-0.15, -0.1) is 0 Å². The fraction of sp³-hybridized carbons (Fsp3) is 1.00. The highest BCUT2D eigenvalue weighted by Gasteiger charge is 2.76. The lowest BCUT2D eigenvalue weighted by molar-refractivity contribution is -0.435. The Balaban J connectivity index is 6.26. The third-order valence-corrected chi connectivity index (χ3v) is 6.19. The summed E-state index contributed by atoms with van der Waals surface area (Å²) in [6, 6.07) is 0. The van der Waals surface area contributed by atoms with Gasteiger partial charge in [-0.2, -0.15) is 52.7 Å². The second-order valence-electron chi connectivity index (χ2n) is 5.09. The van der Waals surface area contributed by atoms with E-state index < -0.39 is 72.0 Å². The molecule has 0 spiro atoms. The molecule has 0 aromatic heterocycles. The molecule has 0 unspecified atom stereocenters. The van der Waals surface area contributed by atoms with Gasteiger partial charge in [0.25, 0.3) is 20.0 Å². The van der Waals surface area contributed by atoms with E-state index in [0.717, 1.165) is 0 Å². The van der Waals surface area contributed by atoms with Gasteiger partial charge in [-0.05, 0) is 0 Å². The van der Waals surface area contributed by atoms with E-state index in [-0.39, 0.29) is 0 Å². The van der Waals surface area contributed by atoms with E-state index in [4.69, 9.17) is 0 Å². The molecule has 0 saturated heterocycles. The summed E-state index contributed by atoms with van der Waals surface area (Å²) in [5, 5.41) is -15.1. The minimum Gasteiger partial charge on any atom is -0.245 e. The number of hydrogen-bond acceptors (Lipinski definition) is 6. The molecular formula is C8H3F16NO6S2. The molecule has 0 rings (SSSR count). The van der Waals surface area contributed by atoms with Crippen molar-refractivity contribution in [1.82, 2.24) is 4.13 Å². The summed E-state index contributed by atoms with van der Waals surface area (Å²) in [5.41, 5.74) is 0. The molecule has 7 nitrogen and oxygen atoms in total. The van der Waals surface area contributed by atoms with E-state index in [1.54, 1.807) is 9.47 Å². The highest BCUT2D eigenvalue weighted by atomic mass is 32.3. The lowest BCUT2D eigenvalue weighted by Crippen LogP contribution is -2.61. The molecule has 25 heteroatoms. The maximum absolute atomic E-state index is 13.3. The summed E-state index contributed by atoms with van der Waals surface area (Å²) in [6.45, 7) is 0. The molecule has 0 aromatic rings. The van der Waals surface area contributed by atoms with E-state index in [9.17, 15) is 87.1 Å². The number of halogens is 16. The Hall–Kier alpha value is -1.34. The van der Waals surface area contributed by atoms with Gasteiger partial charge < -0.3 is 0 Å². The van der Waals surface area contributed by atoms with Gasteiger partial charge in [0.05, 0.1) is 0 Å². The molecule has 0 bridgehead atoms. The Morgan fingerprint density at radius 1 is 0.515 bits per heavy atom. The number of alkyl halides is 16. The van der Waals surface area contributed by atoms with Gasteiger partial charge in [0.1, 0.15) is 0 Å². The van der Waals surface area contributed by atoms with Crippen molar-refractivity contribution in [2.24, 2.45) is 0 Å². The second-order valence-corrected chi connectivity index (χ2v) is 8.79. The molecule has 0 radical (unpaired) electrons. The van der Waals surface area contributed by atoms with Crippen molar-refractivity contribution in [2.45, 2.75) is 47.8 Å². The fourth-order valence-electron chi connectivity index (χ4n) is 1.11. The molecule has 0 amide bonds. The molecule has 0 aliphatic heterocycles. The van der Waals surface area contributed by atoms with Crippen molar-refractivity contribution >= 4 is 20.0 Å². The van der Waals surface area contributed by atoms with Gasteiger partial charge in [-0.1, -0.05) is 4.13 Å². The Labute approximate surface area is 169 Å². The SMILES string of the molecule is O=S(=O)(NS(=O)(=O)C(F)(F)C(F)(F)OC(F)(F)C(F)F)C(F)(F)C(F)(F)OC(F)(F)C(F)F.